The number of benzene rings is 2. The van der Waals surface area contributed by atoms with Gasteiger partial charge in [0.2, 0.25) is 5.43 Å². The number of aromatic nitrogens is 1. The minimum Gasteiger partial charge on any atom is -0.477 e. The second-order valence-corrected chi connectivity index (χ2v) is 8.82. The molecule has 11 nitrogen and oxygen atoms in total. The Morgan fingerprint density at radius 2 is 1.29 bits per heavy atom. The lowest BCUT2D eigenvalue weighted by Crippen LogP contribution is -2.19. The molecule has 0 aliphatic rings. The van der Waals surface area contributed by atoms with Crippen LogP contribution in [0.4, 0.5) is 32.0 Å². The summed E-state index contributed by atoms with van der Waals surface area (Å²) in [6.45, 7) is 6.97. The van der Waals surface area contributed by atoms with E-state index in [0.29, 0.717) is 0 Å². The molecule has 0 atom stereocenters. The monoisotopic (exact) mass is 650 g/mol. The van der Waals surface area contributed by atoms with E-state index in [1.807, 2.05) is 0 Å². The molecule has 1 heterocycles. The molecule has 246 valence electrons. The highest BCUT2D eigenvalue weighted by molar-refractivity contribution is 6.13. The zero-order valence-corrected chi connectivity index (χ0v) is 24.0. The summed E-state index contributed by atoms with van der Waals surface area (Å²) in [5, 5.41) is 28.7. The summed E-state index contributed by atoms with van der Waals surface area (Å²) in [6.07, 6.45) is -7.06. The molecule has 0 unspecified atom stereocenters. The molecule has 0 spiro atoms. The predicted molar refractivity (Wildman–Crippen MR) is 148 cm³/mol. The lowest BCUT2D eigenvalue weighted by molar-refractivity contribution is -0.275. The fourth-order valence-electron chi connectivity index (χ4n) is 3.28. The molecule has 17 heteroatoms. The van der Waals surface area contributed by atoms with Crippen molar-refractivity contribution in [3.63, 3.8) is 0 Å². The van der Waals surface area contributed by atoms with Crippen molar-refractivity contribution in [2.45, 2.75) is 53.3 Å². The van der Waals surface area contributed by atoms with Gasteiger partial charge in [0.25, 0.3) is 0 Å². The largest absolute Gasteiger partial charge is 0.573 e. The Morgan fingerprint density at radius 1 is 0.822 bits per heavy atom. The van der Waals surface area contributed by atoms with Crippen LogP contribution >= 0.6 is 0 Å². The molecule has 2 aromatic carbocycles. The van der Waals surface area contributed by atoms with Gasteiger partial charge in [-0.2, -0.15) is 0 Å². The second-order valence-electron chi connectivity index (χ2n) is 8.82. The molecular weight excluding hydrogens is 622 g/mol. The molecule has 0 amide bonds. The molecular formula is C28H28F6N2O9. The Balaban J connectivity index is 0.000000402. The number of aromatic amines is 1. The van der Waals surface area contributed by atoms with Gasteiger partial charge in [-0.15, -0.1) is 26.3 Å². The number of hydrogen-bond acceptors (Lipinski definition) is 7. The summed E-state index contributed by atoms with van der Waals surface area (Å²) in [5.41, 5.74) is -1.85. The third kappa shape index (κ3) is 12.5. The fraction of sp³-hybridized carbons (Fsp3) is 0.286. The average molecular weight is 651 g/mol. The first-order valence-electron chi connectivity index (χ1n) is 12.7. The van der Waals surface area contributed by atoms with Crippen LogP contribution < -0.4 is 20.2 Å². The molecule has 1 aromatic heterocycles. The molecule has 0 saturated carbocycles. The summed E-state index contributed by atoms with van der Waals surface area (Å²) >= 11 is 0. The standard InChI is InChI=1S/C12H10F3NO5.C12H8F3NO4.C4H10/c1-6(9(10(17)18)11(19)20)16-7-2-4-8(5-3-7)21-12(13,14)15;1-5-9(11(18)19)10(17)7-4-6(20-12(13,14)15)2-3-8(7)16-5;1-3-4-2/h2-5,16H,1H3,(H,17,18)(H,19,20);2-4H,1H3,(H,16,17)(H,18,19);3-4H2,1-2H3. The predicted octanol–water partition coefficient (Wildman–Crippen LogP) is 6.68. The number of alkyl halides is 6. The van der Waals surface area contributed by atoms with Crippen LogP contribution in [0.2, 0.25) is 0 Å². The molecule has 0 aliphatic heterocycles. The number of carboxylic acid groups (broad SMARTS) is 3. The van der Waals surface area contributed by atoms with Crippen molar-refractivity contribution in [1.29, 1.82) is 0 Å². The molecule has 3 aromatic rings. The fourth-order valence-corrected chi connectivity index (χ4v) is 3.28. The summed E-state index contributed by atoms with van der Waals surface area (Å²) in [5.74, 6) is -5.76. The van der Waals surface area contributed by atoms with Gasteiger partial charge >= 0.3 is 30.6 Å². The lowest BCUT2D eigenvalue weighted by Gasteiger charge is -2.11. The van der Waals surface area contributed by atoms with Crippen molar-refractivity contribution in [3.05, 3.63) is 75.2 Å². The molecule has 45 heavy (non-hydrogen) atoms. The van der Waals surface area contributed by atoms with E-state index in [2.05, 4.69) is 33.6 Å². The Morgan fingerprint density at radius 3 is 1.71 bits per heavy atom. The van der Waals surface area contributed by atoms with Crippen molar-refractivity contribution in [2.75, 3.05) is 5.32 Å². The van der Waals surface area contributed by atoms with Crippen LogP contribution in [0, 0.1) is 6.92 Å². The highest BCUT2D eigenvalue weighted by atomic mass is 19.4. The quantitative estimate of drug-likeness (QED) is 0.0765. The number of pyridine rings is 1. The van der Waals surface area contributed by atoms with Crippen LogP contribution in [0.3, 0.4) is 0 Å². The van der Waals surface area contributed by atoms with E-state index in [4.69, 9.17) is 15.3 Å². The van der Waals surface area contributed by atoms with Crippen molar-refractivity contribution in [2.24, 2.45) is 0 Å². The normalized spacial score (nSPS) is 10.8. The van der Waals surface area contributed by atoms with Crippen molar-refractivity contribution >= 4 is 34.5 Å². The number of carboxylic acids is 3. The minimum absolute atomic E-state index is 0.125. The van der Waals surface area contributed by atoms with E-state index in [0.717, 1.165) is 24.3 Å². The minimum atomic E-state index is -4.89. The van der Waals surface area contributed by atoms with E-state index < -0.39 is 58.7 Å². The number of aromatic carboxylic acids is 1. The highest BCUT2D eigenvalue weighted by Crippen LogP contribution is 2.26. The van der Waals surface area contributed by atoms with Crippen LogP contribution in [-0.4, -0.2) is 50.9 Å². The zero-order chi connectivity index (χ0) is 34.7. The lowest BCUT2D eigenvalue weighted by atomic mass is 10.1. The Hall–Kier alpha value is -5.22. The maximum Gasteiger partial charge on any atom is 0.573 e. The third-order valence-electron chi connectivity index (χ3n) is 5.33. The SMILES string of the molecule is CC(Nc1ccc(OC(F)(F)F)cc1)=C(C(=O)O)C(=O)O.CCCC.Cc1[nH]c2ccc(OC(F)(F)F)cc2c(=O)c1C(=O)O. The second kappa shape index (κ2) is 16.0. The first-order chi connectivity index (χ1) is 20.7. The van der Waals surface area contributed by atoms with E-state index in [-0.39, 0.29) is 28.0 Å². The summed E-state index contributed by atoms with van der Waals surface area (Å²) < 4.78 is 79.6. The zero-order valence-electron chi connectivity index (χ0n) is 24.0. The number of H-pyrrole nitrogens is 1. The van der Waals surface area contributed by atoms with Gasteiger partial charge in [-0.3, -0.25) is 4.79 Å². The van der Waals surface area contributed by atoms with Crippen LogP contribution in [-0.2, 0) is 9.59 Å². The smallest absolute Gasteiger partial charge is 0.477 e. The topological polar surface area (TPSA) is 175 Å². The third-order valence-corrected chi connectivity index (χ3v) is 5.33. The van der Waals surface area contributed by atoms with Gasteiger partial charge in [0.1, 0.15) is 17.1 Å². The maximum absolute atomic E-state index is 12.1. The Bertz CT molecular complexity index is 1580. The summed E-state index contributed by atoms with van der Waals surface area (Å²) in [7, 11) is 0. The van der Waals surface area contributed by atoms with Crippen LogP contribution in [0.1, 0.15) is 49.7 Å². The number of allylic oxidation sites excluding steroid dienone is 1. The molecule has 5 N–H and O–H groups in total. The number of carbonyl (C=O) groups is 3. The number of ether oxygens (including phenoxy) is 2. The van der Waals surface area contributed by atoms with Crippen LogP contribution in [0.15, 0.2) is 58.5 Å². The van der Waals surface area contributed by atoms with Gasteiger partial charge in [0.05, 0.1) is 5.39 Å². The van der Waals surface area contributed by atoms with E-state index >= 15 is 0 Å². The van der Waals surface area contributed by atoms with E-state index in [9.17, 15) is 45.5 Å². The first kappa shape index (κ1) is 37.8. The van der Waals surface area contributed by atoms with Crippen LogP contribution in [0.5, 0.6) is 11.5 Å². The number of unbranched alkanes of at least 4 members (excludes halogenated alkanes) is 1. The summed E-state index contributed by atoms with van der Waals surface area (Å²) in [4.78, 5) is 47.1. The van der Waals surface area contributed by atoms with Crippen molar-refractivity contribution in [3.8, 4) is 11.5 Å². The molecule has 0 saturated heterocycles. The van der Waals surface area contributed by atoms with E-state index in [1.165, 1.54) is 44.9 Å². The van der Waals surface area contributed by atoms with E-state index in [1.54, 1.807) is 0 Å². The van der Waals surface area contributed by atoms with Gasteiger partial charge in [0.15, 0.2) is 5.57 Å². The number of halogens is 6. The van der Waals surface area contributed by atoms with Crippen molar-refractivity contribution in [1.82, 2.24) is 4.98 Å². The van der Waals surface area contributed by atoms with Crippen molar-refractivity contribution < 1.29 is 65.5 Å². The number of rotatable bonds is 8. The van der Waals surface area contributed by atoms with Gasteiger partial charge in [-0.25, -0.2) is 14.4 Å². The highest BCUT2D eigenvalue weighted by Gasteiger charge is 2.32. The molecule has 0 aliphatic carbocycles. The number of aliphatic carboxylic acids is 2. The van der Waals surface area contributed by atoms with Gasteiger partial charge in [-0.1, -0.05) is 26.7 Å². The van der Waals surface area contributed by atoms with Crippen LogP contribution in [0.25, 0.3) is 10.9 Å². The number of fused-ring (bicyclic) bond motifs is 1. The number of anilines is 1. The molecule has 0 bridgehead atoms. The molecule has 0 radical (unpaired) electrons. The summed E-state index contributed by atoms with van der Waals surface area (Å²) in [6, 6.07) is 7.49. The molecule has 3 rings (SSSR count). The number of hydrogen-bond donors (Lipinski definition) is 5. The average Bonchev–Trinajstić information content (AvgIpc) is 2.88. The molecule has 0 fully saturated rings. The van der Waals surface area contributed by atoms with Gasteiger partial charge in [0, 0.05) is 22.6 Å². The Labute approximate surface area is 250 Å². The first-order valence-corrected chi connectivity index (χ1v) is 12.7. The Kier molecular flexibility index (Phi) is 13.5. The number of aryl methyl sites for hydroxylation is 1. The van der Waals surface area contributed by atoms with Gasteiger partial charge < -0.3 is 35.1 Å². The maximum atomic E-state index is 12.1. The number of nitrogens with one attached hydrogen (secondary N) is 2. The van der Waals surface area contributed by atoms with Gasteiger partial charge in [-0.05, 0) is 56.3 Å².